The van der Waals surface area contributed by atoms with Crippen molar-refractivity contribution in [1.29, 1.82) is 0 Å². The first-order valence-corrected chi connectivity index (χ1v) is 9.74. The van der Waals surface area contributed by atoms with E-state index >= 15 is 0 Å². The molecule has 0 radical (unpaired) electrons. The van der Waals surface area contributed by atoms with E-state index in [2.05, 4.69) is 25.0 Å². The third-order valence-corrected chi connectivity index (χ3v) is 4.91. The minimum atomic E-state index is -4.00. The van der Waals surface area contributed by atoms with Crippen molar-refractivity contribution < 1.29 is 17.9 Å². The van der Waals surface area contributed by atoms with Gasteiger partial charge in [-0.2, -0.15) is 0 Å². The third kappa shape index (κ3) is 5.14. The number of benzene rings is 1. The van der Waals surface area contributed by atoms with Gasteiger partial charge in [0.05, 0.1) is 12.0 Å². The van der Waals surface area contributed by atoms with Crippen molar-refractivity contribution in [3.05, 3.63) is 83.7 Å². The summed E-state index contributed by atoms with van der Waals surface area (Å²) in [4.78, 5) is 23.6. The number of ketones is 1. The molecule has 0 aliphatic carbocycles. The highest BCUT2D eigenvalue weighted by Gasteiger charge is 2.11. The lowest BCUT2D eigenvalue weighted by atomic mass is 10.2. The van der Waals surface area contributed by atoms with Gasteiger partial charge in [-0.3, -0.25) is 9.78 Å². The molecule has 0 saturated carbocycles. The zero-order valence-electron chi connectivity index (χ0n) is 15.3. The van der Waals surface area contributed by atoms with E-state index in [0.717, 1.165) is 0 Å². The topological polar surface area (TPSA) is 125 Å². The number of rotatable bonds is 8. The van der Waals surface area contributed by atoms with E-state index in [1.165, 1.54) is 50.1 Å². The molecule has 2 heterocycles. The molecule has 0 fully saturated rings. The van der Waals surface area contributed by atoms with Crippen LogP contribution in [-0.4, -0.2) is 36.3 Å². The van der Waals surface area contributed by atoms with Crippen LogP contribution in [0.15, 0.2) is 78.4 Å². The lowest BCUT2D eigenvalue weighted by molar-refractivity contribution is 0.104. The Kier molecular flexibility index (Phi) is 6.15. The molecule has 0 spiro atoms. The van der Waals surface area contributed by atoms with Gasteiger partial charge in [0.1, 0.15) is 0 Å². The van der Waals surface area contributed by atoms with Gasteiger partial charge >= 0.3 is 0 Å². The Balaban J connectivity index is 1.66. The molecule has 0 unspecified atom stereocenters. The molecule has 0 amide bonds. The Bertz CT molecular complexity index is 1120. The number of sulfonamides is 1. The summed E-state index contributed by atoms with van der Waals surface area (Å²) in [5, 5.41) is 2.90. The van der Waals surface area contributed by atoms with Crippen LogP contribution in [0, 0.1) is 0 Å². The Morgan fingerprint density at radius 1 is 1.10 bits per heavy atom. The van der Waals surface area contributed by atoms with E-state index in [4.69, 9.17) is 4.74 Å². The van der Waals surface area contributed by atoms with Crippen LogP contribution >= 0.6 is 0 Å². The summed E-state index contributed by atoms with van der Waals surface area (Å²) < 4.78 is 33.6. The summed E-state index contributed by atoms with van der Waals surface area (Å²) in [5.74, 6) is -0.326. The van der Waals surface area contributed by atoms with Crippen molar-refractivity contribution in [1.82, 2.24) is 15.0 Å². The van der Waals surface area contributed by atoms with Crippen molar-refractivity contribution in [3.63, 3.8) is 0 Å². The molecule has 0 aliphatic heterocycles. The molecule has 0 aliphatic rings. The monoisotopic (exact) mass is 410 g/mol. The average molecular weight is 410 g/mol. The van der Waals surface area contributed by atoms with Gasteiger partial charge in [-0.25, -0.2) is 13.4 Å². The third-order valence-electron chi connectivity index (χ3n) is 3.63. The number of methoxy groups -OCH3 is 1. The zero-order valence-corrected chi connectivity index (χ0v) is 16.1. The lowest BCUT2D eigenvalue weighted by Gasteiger charge is -2.17. The van der Waals surface area contributed by atoms with Crippen LogP contribution in [0.25, 0.3) is 4.72 Å². The second-order valence-corrected chi connectivity index (χ2v) is 7.17. The number of anilines is 1. The van der Waals surface area contributed by atoms with E-state index in [-0.39, 0.29) is 22.4 Å². The highest BCUT2D eigenvalue weighted by atomic mass is 32.2. The van der Waals surface area contributed by atoms with Crippen molar-refractivity contribution in [2.24, 2.45) is 0 Å². The minimum Gasteiger partial charge on any atom is -0.481 e. The number of carbonyl (C=O) groups excluding carboxylic acids is 1. The molecular weight excluding hydrogens is 394 g/mol. The van der Waals surface area contributed by atoms with E-state index in [9.17, 15) is 13.2 Å². The highest BCUT2D eigenvalue weighted by Crippen LogP contribution is 2.32. The van der Waals surface area contributed by atoms with Gasteiger partial charge < -0.3 is 19.8 Å². The van der Waals surface area contributed by atoms with Crippen LogP contribution in [0.5, 0.6) is 5.88 Å². The summed E-state index contributed by atoms with van der Waals surface area (Å²) in [6, 6.07) is 9.22. The maximum Gasteiger partial charge on any atom is 0.212 e. The van der Waals surface area contributed by atoms with Crippen molar-refractivity contribution in [2.75, 3.05) is 12.4 Å². The first-order chi connectivity index (χ1) is 14.0. The quantitative estimate of drug-likeness (QED) is 0.444. The number of pyridine rings is 1. The van der Waals surface area contributed by atoms with Crippen LogP contribution in [-0.2, 0) is 10.0 Å². The van der Waals surface area contributed by atoms with Gasteiger partial charge in [0.25, 0.3) is 0 Å². The molecule has 1 aromatic carbocycles. The van der Waals surface area contributed by atoms with Gasteiger partial charge in [0, 0.05) is 47.9 Å². The molecule has 148 valence electrons. The Morgan fingerprint density at radius 2 is 1.86 bits per heavy atom. The number of nitrogens with zero attached hydrogens (tertiary/aromatic N) is 4. The second kappa shape index (κ2) is 8.93. The van der Waals surface area contributed by atoms with E-state index in [0.29, 0.717) is 11.3 Å². The fourth-order valence-electron chi connectivity index (χ4n) is 2.23. The number of allylic oxidation sites excluding steroid dienone is 1. The summed E-state index contributed by atoms with van der Waals surface area (Å²) in [6.07, 6.45) is 8.58. The lowest BCUT2D eigenvalue weighted by Crippen LogP contribution is -2.01. The van der Waals surface area contributed by atoms with Crippen molar-refractivity contribution >= 4 is 27.3 Å². The molecule has 3 rings (SSSR count). The summed E-state index contributed by atoms with van der Waals surface area (Å²) in [5.41, 5.74) is 1.06. The van der Waals surface area contributed by atoms with Crippen LogP contribution in [0.4, 0.5) is 11.5 Å². The van der Waals surface area contributed by atoms with Crippen molar-refractivity contribution in [3.8, 4) is 5.88 Å². The first-order valence-electron chi connectivity index (χ1n) is 8.30. The number of hydrogen-bond acceptors (Lipinski definition) is 8. The SMILES string of the molecule is COc1nccnc1[N-]S(=O)(=O)c1ccc(N/C=C/C(=O)c2cccnc2)cc1. The smallest absolute Gasteiger partial charge is 0.212 e. The van der Waals surface area contributed by atoms with Crippen LogP contribution in [0.2, 0.25) is 0 Å². The molecule has 1 N–H and O–H groups in total. The maximum absolute atomic E-state index is 12.5. The standard InChI is InChI=1S/C19H17N5O4S/c1-28-19-18(22-11-12-23-19)24-29(26,27)16-6-4-15(5-7-16)21-10-8-17(25)14-3-2-9-20-13-14/h2-13H,1H3,(H2,21,22,24,25)/p-1. The first kappa shape index (κ1) is 20.0. The molecule has 0 atom stereocenters. The van der Waals surface area contributed by atoms with E-state index in [1.54, 1.807) is 30.5 Å². The average Bonchev–Trinajstić information content (AvgIpc) is 2.75. The Hall–Kier alpha value is -3.79. The molecule has 3 aromatic rings. The predicted molar refractivity (Wildman–Crippen MR) is 107 cm³/mol. The normalized spacial score (nSPS) is 11.2. The fraction of sp³-hybridized carbons (Fsp3) is 0.0526. The Labute approximate surface area is 167 Å². The zero-order chi connectivity index (χ0) is 20.7. The Morgan fingerprint density at radius 3 is 2.55 bits per heavy atom. The van der Waals surface area contributed by atoms with E-state index in [1.807, 2.05) is 0 Å². The van der Waals surface area contributed by atoms with E-state index < -0.39 is 10.0 Å². The molecule has 9 nitrogen and oxygen atoms in total. The summed E-state index contributed by atoms with van der Waals surface area (Å²) in [6.45, 7) is 0. The number of nitrogens with one attached hydrogen (secondary N) is 1. The number of carbonyl (C=O) groups is 1. The predicted octanol–water partition coefficient (Wildman–Crippen LogP) is 3.08. The van der Waals surface area contributed by atoms with Gasteiger partial charge in [-0.1, -0.05) is 6.20 Å². The fourth-order valence-corrected chi connectivity index (χ4v) is 3.17. The molecular formula is C19H16N5O4S-. The minimum absolute atomic E-state index is 0.0118. The van der Waals surface area contributed by atoms with Gasteiger partial charge in [0.2, 0.25) is 15.9 Å². The van der Waals surface area contributed by atoms with Gasteiger partial charge in [-0.15, -0.1) is 0 Å². The molecule has 0 bridgehead atoms. The number of hydrogen-bond donors (Lipinski definition) is 1. The number of aromatic nitrogens is 3. The molecule has 0 saturated heterocycles. The van der Waals surface area contributed by atoms with Crippen LogP contribution < -0.4 is 10.1 Å². The second-order valence-electron chi connectivity index (χ2n) is 5.56. The molecule has 2 aromatic heterocycles. The van der Waals surface area contributed by atoms with Crippen LogP contribution in [0.1, 0.15) is 10.4 Å². The molecule has 10 heteroatoms. The van der Waals surface area contributed by atoms with Crippen molar-refractivity contribution in [2.45, 2.75) is 4.90 Å². The number of ether oxygens (including phenoxy) is 1. The van der Waals surface area contributed by atoms with Crippen LogP contribution in [0.3, 0.4) is 0 Å². The highest BCUT2D eigenvalue weighted by molar-refractivity contribution is 7.94. The van der Waals surface area contributed by atoms with Gasteiger partial charge in [0.15, 0.2) is 5.78 Å². The van der Waals surface area contributed by atoms with Gasteiger partial charge in [-0.05, 0) is 36.4 Å². The molecule has 29 heavy (non-hydrogen) atoms. The largest absolute Gasteiger partial charge is 0.481 e. The maximum atomic E-state index is 12.5. The summed E-state index contributed by atoms with van der Waals surface area (Å²) in [7, 11) is -2.65. The summed E-state index contributed by atoms with van der Waals surface area (Å²) >= 11 is 0.